The molecule has 0 nitrogen and oxygen atoms in total. The van der Waals surface area contributed by atoms with E-state index in [9.17, 15) is 0 Å². The standard InChI is InChI=1S/C11H12S/c1-9(2)3-4-10-5-7-11(12)8-6-10/h3-8,12H,1H2,2H3/b4-3+. The van der Waals surface area contributed by atoms with Crippen LogP contribution in [0.15, 0.2) is 47.4 Å². The van der Waals surface area contributed by atoms with Crippen LogP contribution in [0.4, 0.5) is 0 Å². The minimum Gasteiger partial charge on any atom is -0.143 e. The molecule has 0 atom stereocenters. The molecule has 1 aromatic rings. The van der Waals surface area contributed by atoms with Crippen LogP contribution in [0.2, 0.25) is 0 Å². The Morgan fingerprint density at radius 2 is 1.92 bits per heavy atom. The highest BCUT2D eigenvalue weighted by Gasteiger charge is 1.85. The van der Waals surface area contributed by atoms with Gasteiger partial charge in [-0.05, 0) is 24.6 Å². The minimum atomic E-state index is 0.988. The van der Waals surface area contributed by atoms with Gasteiger partial charge in [-0.2, -0.15) is 0 Å². The largest absolute Gasteiger partial charge is 0.143 e. The summed E-state index contributed by atoms with van der Waals surface area (Å²) < 4.78 is 0. The Morgan fingerprint density at radius 3 is 2.42 bits per heavy atom. The summed E-state index contributed by atoms with van der Waals surface area (Å²) in [5.74, 6) is 0. The van der Waals surface area contributed by atoms with E-state index in [1.54, 1.807) is 0 Å². The van der Waals surface area contributed by atoms with Gasteiger partial charge in [-0.15, -0.1) is 12.6 Å². The van der Waals surface area contributed by atoms with Crippen LogP contribution in [0.3, 0.4) is 0 Å². The van der Waals surface area contributed by atoms with Crippen LogP contribution in [-0.4, -0.2) is 0 Å². The summed E-state index contributed by atoms with van der Waals surface area (Å²) >= 11 is 4.20. The summed E-state index contributed by atoms with van der Waals surface area (Å²) in [5, 5.41) is 0. The highest BCUT2D eigenvalue weighted by molar-refractivity contribution is 7.80. The van der Waals surface area contributed by atoms with Gasteiger partial charge in [-0.3, -0.25) is 0 Å². The summed E-state index contributed by atoms with van der Waals surface area (Å²) in [5.41, 5.74) is 2.24. The molecule has 0 heterocycles. The number of rotatable bonds is 2. The Morgan fingerprint density at radius 1 is 1.33 bits per heavy atom. The van der Waals surface area contributed by atoms with E-state index in [-0.39, 0.29) is 0 Å². The van der Waals surface area contributed by atoms with Crippen molar-refractivity contribution in [3.05, 3.63) is 48.1 Å². The van der Waals surface area contributed by atoms with Gasteiger partial charge < -0.3 is 0 Å². The fourth-order valence-corrected chi connectivity index (χ4v) is 0.973. The lowest BCUT2D eigenvalue weighted by atomic mass is 10.2. The molecule has 0 aliphatic heterocycles. The molecular weight excluding hydrogens is 164 g/mol. The van der Waals surface area contributed by atoms with E-state index in [0.29, 0.717) is 0 Å². The normalized spacial score (nSPS) is 10.5. The second-order valence-corrected chi connectivity index (χ2v) is 3.29. The van der Waals surface area contributed by atoms with Crippen LogP contribution >= 0.6 is 12.6 Å². The van der Waals surface area contributed by atoms with Crippen molar-refractivity contribution in [3.63, 3.8) is 0 Å². The van der Waals surface area contributed by atoms with Gasteiger partial charge in [0, 0.05) is 4.90 Å². The Kier molecular flexibility index (Phi) is 3.18. The summed E-state index contributed by atoms with van der Waals surface area (Å²) in [6.45, 7) is 5.76. The average Bonchev–Trinajstić information content (AvgIpc) is 2.03. The van der Waals surface area contributed by atoms with Crippen LogP contribution in [0.25, 0.3) is 6.08 Å². The number of allylic oxidation sites excluding steroid dienone is 2. The molecular formula is C11H12S. The third-order valence-corrected chi connectivity index (χ3v) is 1.75. The van der Waals surface area contributed by atoms with E-state index in [0.717, 1.165) is 10.5 Å². The van der Waals surface area contributed by atoms with Crippen LogP contribution in [-0.2, 0) is 0 Å². The van der Waals surface area contributed by atoms with E-state index in [1.807, 2.05) is 43.3 Å². The first-order valence-corrected chi connectivity index (χ1v) is 4.26. The minimum absolute atomic E-state index is 0.988. The van der Waals surface area contributed by atoms with E-state index in [1.165, 1.54) is 5.56 Å². The van der Waals surface area contributed by atoms with E-state index < -0.39 is 0 Å². The van der Waals surface area contributed by atoms with Crippen molar-refractivity contribution in [2.75, 3.05) is 0 Å². The maximum Gasteiger partial charge on any atom is 0.00403 e. The highest BCUT2D eigenvalue weighted by Crippen LogP contribution is 2.09. The molecule has 0 aliphatic carbocycles. The van der Waals surface area contributed by atoms with Crippen LogP contribution < -0.4 is 0 Å². The summed E-state index contributed by atoms with van der Waals surface area (Å²) in [6, 6.07) is 8.01. The van der Waals surface area contributed by atoms with Crippen molar-refractivity contribution in [1.82, 2.24) is 0 Å². The van der Waals surface area contributed by atoms with E-state index >= 15 is 0 Å². The number of benzene rings is 1. The molecule has 1 heteroatoms. The van der Waals surface area contributed by atoms with Gasteiger partial charge >= 0.3 is 0 Å². The molecule has 0 fully saturated rings. The lowest BCUT2D eigenvalue weighted by Crippen LogP contribution is -1.71. The van der Waals surface area contributed by atoms with Crippen molar-refractivity contribution < 1.29 is 0 Å². The Balaban J connectivity index is 2.77. The van der Waals surface area contributed by atoms with Crippen molar-refractivity contribution in [1.29, 1.82) is 0 Å². The van der Waals surface area contributed by atoms with Crippen molar-refractivity contribution in [3.8, 4) is 0 Å². The van der Waals surface area contributed by atoms with E-state index in [4.69, 9.17) is 0 Å². The molecule has 0 bridgehead atoms. The summed E-state index contributed by atoms with van der Waals surface area (Å²) in [6.07, 6.45) is 4.03. The first-order chi connectivity index (χ1) is 5.68. The van der Waals surface area contributed by atoms with Crippen molar-refractivity contribution in [2.45, 2.75) is 11.8 Å². The molecule has 0 saturated carbocycles. The fraction of sp³-hybridized carbons (Fsp3) is 0.0909. The zero-order valence-electron chi connectivity index (χ0n) is 7.12. The fourth-order valence-electron chi connectivity index (χ4n) is 0.824. The summed E-state index contributed by atoms with van der Waals surface area (Å²) in [7, 11) is 0. The third-order valence-electron chi connectivity index (χ3n) is 1.45. The van der Waals surface area contributed by atoms with Crippen LogP contribution in [0.1, 0.15) is 12.5 Å². The topological polar surface area (TPSA) is 0 Å². The average molecular weight is 176 g/mol. The van der Waals surface area contributed by atoms with Crippen LogP contribution in [0, 0.1) is 0 Å². The van der Waals surface area contributed by atoms with Gasteiger partial charge in [-0.1, -0.05) is 36.4 Å². The Labute approximate surface area is 79.0 Å². The SMILES string of the molecule is C=C(C)/C=C/c1ccc(S)cc1. The zero-order chi connectivity index (χ0) is 8.97. The molecule has 0 spiro atoms. The molecule has 0 radical (unpaired) electrons. The molecule has 0 amide bonds. The van der Waals surface area contributed by atoms with Crippen molar-refractivity contribution >= 4 is 18.7 Å². The van der Waals surface area contributed by atoms with Gasteiger partial charge in [0.05, 0.1) is 0 Å². The molecule has 1 rings (SSSR count). The second kappa shape index (κ2) is 4.17. The molecule has 0 saturated heterocycles. The quantitative estimate of drug-likeness (QED) is 0.517. The lowest BCUT2D eigenvalue weighted by molar-refractivity contribution is 1.46. The second-order valence-electron chi connectivity index (χ2n) is 2.77. The zero-order valence-corrected chi connectivity index (χ0v) is 8.01. The smallest absolute Gasteiger partial charge is 0.00403 e. The first-order valence-electron chi connectivity index (χ1n) is 3.81. The molecule has 0 aromatic heterocycles. The van der Waals surface area contributed by atoms with Gasteiger partial charge in [0.15, 0.2) is 0 Å². The molecule has 0 aliphatic rings. The number of hydrogen-bond acceptors (Lipinski definition) is 1. The maximum atomic E-state index is 4.20. The van der Waals surface area contributed by atoms with Gasteiger partial charge in [0.2, 0.25) is 0 Å². The Bertz CT molecular complexity index is 293. The summed E-state index contributed by atoms with van der Waals surface area (Å²) in [4.78, 5) is 0.988. The molecule has 0 unspecified atom stereocenters. The number of thiol groups is 1. The molecule has 62 valence electrons. The van der Waals surface area contributed by atoms with Gasteiger partial charge in [0.1, 0.15) is 0 Å². The number of hydrogen-bond donors (Lipinski definition) is 1. The maximum absolute atomic E-state index is 4.20. The van der Waals surface area contributed by atoms with Gasteiger partial charge in [-0.25, -0.2) is 0 Å². The molecule has 0 N–H and O–H groups in total. The monoisotopic (exact) mass is 176 g/mol. The van der Waals surface area contributed by atoms with Crippen molar-refractivity contribution in [2.24, 2.45) is 0 Å². The predicted molar refractivity (Wildman–Crippen MR) is 57.5 cm³/mol. The molecule has 12 heavy (non-hydrogen) atoms. The predicted octanol–water partition coefficient (Wildman–Crippen LogP) is 3.56. The lowest BCUT2D eigenvalue weighted by Gasteiger charge is -1.93. The Hall–Kier alpha value is -0.950. The van der Waals surface area contributed by atoms with Crippen LogP contribution in [0.5, 0.6) is 0 Å². The highest BCUT2D eigenvalue weighted by atomic mass is 32.1. The molecule has 1 aromatic carbocycles. The van der Waals surface area contributed by atoms with Gasteiger partial charge in [0.25, 0.3) is 0 Å². The third kappa shape index (κ3) is 2.97. The first kappa shape index (κ1) is 9.14. The van der Waals surface area contributed by atoms with E-state index in [2.05, 4.69) is 19.2 Å².